The maximum absolute atomic E-state index is 12.6. The maximum Gasteiger partial charge on any atom is 0.406 e. The summed E-state index contributed by atoms with van der Waals surface area (Å²) in [5, 5.41) is 4.49. The average molecular weight is 341 g/mol. The lowest BCUT2D eigenvalue weighted by molar-refractivity contribution is -0.141. The van der Waals surface area contributed by atoms with Gasteiger partial charge in [0.15, 0.2) is 0 Å². The minimum atomic E-state index is -4.23. The smallest absolute Gasteiger partial charge is 0.325 e. The Hall–Kier alpha value is -1.83. The van der Waals surface area contributed by atoms with Gasteiger partial charge in [0.2, 0.25) is 0 Å². The summed E-state index contributed by atoms with van der Waals surface area (Å²) in [6, 6.07) is 2.31. The fourth-order valence-corrected chi connectivity index (χ4v) is 3.38. The van der Waals surface area contributed by atoms with Crippen molar-refractivity contribution < 1.29 is 13.2 Å². The molecule has 3 heterocycles. The zero-order chi connectivity index (χ0) is 17.3. The van der Waals surface area contributed by atoms with E-state index in [2.05, 4.69) is 15.0 Å². The first-order valence-electron chi connectivity index (χ1n) is 8.14. The van der Waals surface area contributed by atoms with Crippen molar-refractivity contribution in [3.8, 4) is 0 Å². The molecule has 0 bridgehead atoms. The number of hydrogen-bond acceptors (Lipinski definition) is 3. The minimum absolute atomic E-state index is 0.277. The molecule has 8 heteroatoms. The van der Waals surface area contributed by atoms with Crippen molar-refractivity contribution in [3.63, 3.8) is 0 Å². The molecular weight excluding hydrogens is 319 g/mol. The van der Waals surface area contributed by atoms with Gasteiger partial charge in [-0.05, 0) is 39.3 Å². The molecule has 0 saturated carbocycles. The summed E-state index contributed by atoms with van der Waals surface area (Å²) in [5.74, 6) is 0.465. The topological polar surface area (TPSA) is 38.9 Å². The number of imidazole rings is 1. The van der Waals surface area contributed by atoms with Crippen LogP contribution in [0.15, 0.2) is 18.5 Å². The second-order valence-electron chi connectivity index (χ2n) is 6.46. The van der Waals surface area contributed by atoms with E-state index < -0.39 is 12.7 Å². The van der Waals surface area contributed by atoms with E-state index in [9.17, 15) is 13.2 Å². The Morgan fingerprint density at radius 2 is 2.08 bits per heavy atom. The molecule has 1 aliphatic heterocycles. The number of alkyl halides is 3. The van der Waals surface area contributed by atoms with E-state index in [1.54, 1.807) is 0 Å². The number of likely N-dealkylation sites (tertiary alicyclic amines) is 1. The Balaban J connectivity index is 1.68. The van der Waals surface area contributed by atoms with Gasteiger partial charge in [0.1, 0.15) is 12.4 Å². The van der Waals surface area contributed by atoms with Crippen LogP contribution >= 0.6 is 0 Å². The molecule has 2 aromatic rings. The molecule has 1 atom stereocenters. The summed E-state index contributed by atoms with van der Waals surface area (Å²) in [5.41, 5.74) is 2.09. The van der Waals surface area contributed by atoms with Crippen LogP contribution in [-0.4, -0.2) is 43.0 Å². The van der Waals surface area contributed by atoms with Crippen LogP contribution in [0.25, 0.3) is 0 Å². The summed E-state index contributed by atoms with van der Waals surface area (Å²) in [7, 11) is 0. The molecule has 1 fully saturated rings. The lowest BCUT2D eigenvalue weighted by Crippen LogP contribution is -2.34. The summed E-state index contributed by atoms with van der Waals surface area (Å²) in [4.78, 5) is 6.34. The maximum atomic E-state index is 12.6. The first-order valence-corrected chi connectivity index (χ1v) is 8.14. The minimum Gasteiger partial charge on any atom is -0.325 e. The molecule has 1 unspecified atom stereocenters. The van der Waals surface area contributed by atoms with E-state index in [1.807, 2.05) is 24.6 Å². The van der Waals surface area contributed by atoms with E-state index in [0.717, 1.165) is 37.3 Å². The van der Waals surface area contributed by atoms with Crippen molar-refractivity contribution >= 4 is 0 Å². The fourth-order valence-electron chi connectivity index (χ4n) is 3.38. The normalized spacial score (nSPS) is 19.3. The molecule has 132 valence electrons. The number of aryl methyl sites for hydroxylation is 2. The average Bonchev–Trinajstić information content (AvgIpc) is 3.14. The summed E-state index contributed by atoms with van der Waals surface area (Å²) < 4.78 is 41.1. The molecular formula is C16H22F3N5. The van der Waals surface area contributed by atoms with Gasteiger partial charge in [-0.15, -0.1) is 0 Å². The number of nitrogens with zero attached hydrogens (tertiary/aromatic N) is 5. The second-order valence-corrected chi connectivity index (χ2v) is 6.46. The highest BCUT2D eigenvalue weighted by molar-refractivity contribution is 5.07. The van der Waals surface area contributed by atoms with Gasteiger partial charge in [0.05, 0.1) is 18.8 Å². The third-order valence-corrected chi connectivity index (χ3v) is 4.48. The summed E-state index contributed by atoms with van der Waals surface area (Å²) >= 11 is 0. The van der Waals surface area contributed by atoms with Crippen molar-refractivity contribution in [1.29, 1.82) is 0 Å². The molecule has 0 spiro atoms. The van der Waals surface area contributed by atoms with Crippen molar-refractivity contribution in [3.05, 3.63) is 35.7 Å². The predicted molar refractivity (Wildman–Crippen MR) is 83.4 cm³/mol. The van der Waals surface area contributed by atoms with Gasteiger partial charge in [-0.1, -0.05) is 0 Å². The van der Waals surface area contributed by atoms with Crippen LogP contribution in [0.1, 0.15) is 30.1 Å². The van der Waals surface area contributed by atoms with Crippen LogP contribution in [0.5, 0.6) is 0 Å². The molecule has 2 aromatic heterocycles. The van der Waals surface area contributed by atoms with E-state index in [1.165, 1.54) is 17.0 Å². The van der Waals surface area contributed by atoms with Crippen molar-refractivity contribution in [2.24, 2.45) is 0 Å². The van der Waals surface area contributed by atoms with Crippen LogP contribution in [-0.2, 0) is 19.6 Å². The molecule has 3 rings (SSSR count). The monoisotopic (exact) mass is 341 g/mol. The Kier molecular flexibility index (Phi) is 4.67. The SMILES string of the molecule is Cc1cc(C)n(CC2CCCN2Cc2nccn2CC(F)(F)F)n1. The third-order valence-electron chi connectivity index (χ3n) is 4.48. The molecule has 1 saturated heterocycles. The number of halogens is 3. The lowest BCUT2D eigenvalue weighted by Gasteiger charge is -2.25. The standard InChI is InChI=1S/C16H22F3N5/c1-12-8-13(2)24(21-12)9-14-4-3-6-22(14)10-15-20-5-7-23(15)11-16(17,18)19/h5,7-8,14H,3-4,6,9-11H2,1-2H3. The predicted octanol–water partition coefficient (Wildman–Crippen LogP) is 2.92. The van der Waals surface area contributed by atoms with Gasteiger partial charge in [0, 0.05) is 24.1 Å². The zero-order valence-corrected chi connectivity index (χ0v) is 13.9. The highest BCUT2D eigenvalue weighted by Gasteiger charge is 2.31. The fraction of sp³-hybridized carbons (Fsp3) is 0.625. The van der Waals surface area contributed by atoms with E-state index in [4.69, 9.17) is 0 Å². The van der Waals surface area contributed by atoms with Crippen LogP contribution in [0.2, 0.25) is 0 Å². The molecule has 0 aliphatic carbocycles. The lowest BCUT2D eigenvalue weighted by atomic mass is 10.2. The summed E-state index contributed by atoms with van der Waals surface area (Å²) in [6.45, 7) is 5.08. The number of aromatic nitrogens is 4. The molecule has 24 heavy (non-hydrogen) atoms. The first kappa shape index (κ1) is 17.0. The van der Waals surface area contributed by atoms with Gasteiger partial charge < -0.3 is 4.57 Å². The van der Waals surface area contributed by atoms with Gasteiger partial charge in [-0.25, -0.2) is 4.98 Å². The second kappa shape index (κ2) is 6.58. The zero-order valence-electron chi connectivity index (χ0n) is 13.9. The van der Waals surface area contributed by atoms with Crippen molar-refractivity contribution in [1.82, 2.24) is 24.2 Å². The van der Waals surface area contributed by atoms with E-state index in [0.29, 0.717) is 12.4 Å². The largest absolute Gasteiger partial charge is 0.406 e. The van der Waals surface area contributed by atoms with Gasteiger partial charge in [0.25, 0.3) is 0 Å². The Bertz CT molecular complexity index is 688. The van der Waals surface area contributed by atoms with Gasteiger partial charge in [-0.3, -0.25) is 9.58 Å². The highest BCUT2D eigenvalue weighted by atomic mass is 19.4. The van der Waals surface area contributed by atoms with E-state index in [-0.39, 0.29) is 6.04 Å². The van der Waals surface area contributed by atoms with Crippen molar-refractivity contribution in [2.75, 3.05) is 6.54 Å². The number of rotatable bonds is 5. The molecule has 5 nitrogen and oxygen atoms in total. The third kappa shape index (κ3) is 3.98. The van der Waals surface area contributed by atoms with Crippen LogP contribution in [0.4, 0.5) is 13.2 Å². The Morgan fingerprint density at radius 3 is 2.75 bits per heavy atom. The quantitative estimate of drug-likeness (QED) is 0.839. The van der Waals surface area contributed by atoms with Crippen LogP contribution in [0, 0.1) is 13.8 Å². The van der Waals surface area contributed by atoms with Crippen LogP contribution < -0.4 is 0 Å². The van der Waals surface area contributed by atoms with Crippen molar-refractivity contribution in [2.45, 2.75) is 58.5 Å². The Labute approximate surface area is 139 Å². The molecule has 0 aromatic carbocycles. The first-order chi connectivity index (χ1) is 11.3. The highest BCUT2D eigenvalue weighted by Crippen LogP contribution is 2.23. The van der Waals surface area contributed by atoms with Crippen LogP contribution in [0.3, 0.4) is 0 Å². The summed E-state index contributed by atoms with van der Waals surface area (Å²) in [6.07, 6.45) is 0.675. The van der Waals surface area contributed by atoms with Gasteiger partial charge in [-0.2, -0.15) is 18.3 Å². The van der Waals surface area contributed by atoms with E-state index >= 15 is 0 Å². The van der Waals surface area contributed by atoms with Gasteiger partial charge >= 0.3 is 6.18 Å². The molecule has 0 N–H and O–H groups in total. The number of hydrogen-bond donors (Lipinski definition) is 0. The molecule has 0 radical (unpaired) electrons. The molecule has 1 aliphatic rings. The Morgan fingerprint density at radius 1 is 1.29 bits per heavy atom. The molecule has 0 amide bonds.